The fraction of sp³-hybridized carbons (Fsp3) is 0.312. The van der Waals surface area contributed by atoms with Gasteiger partial charge >= 0.3 is 0 Å². The summed E-state index contributed by atoms with van der Waals surface area (Å²) >= 11 is 3.46. The van der Waals surface area contributed by atoms with Crippen molar-refractivity contribution < 1.29 is 0 Å². The van der Waals surface area contributed by atoms with Crippen LogP contribution in [0.3, 0.4) is 0 Å². The van der Waals surface area contributed by atoms with Gasteiger partial charge in [0.05, 0.1) is 5.69 Å². The predicted molar refractivity (Wildman–Crippen MR) is 85.2 cm³/mol. The third-order valence-electron chi connectivity index (χ3n) is 3.94. The molecule has 1 aromatic heterocycles. The van der Waals surface area contributed by atoms with Crippen LogP contribution in [-0.2, 0) is 7.05 Å². The first kappa shape index (κ1) is 13.4. The normalized spacial score (nSPS) is 21.3. The van der Waals surface area contributed by atoms with E-state index in [-0.39, 0.29) is 5.56 Å². The molecule has 1 heterocycles. The van der Waals surface area contributed by atoms with Crippen molar-refractivity contribution in [2.75, 3.05) is 5.32 Å². The van der Waals surface area contributed by atoms with E-state index in [4.69, 9.17) is 0 Å². The standard InChI is InChI=1S/C16H17BrN2O/c1-19-10-14(6-7-16(19)20)18-15-8-12(9-15)11-2-4-13(17)5-3-11/h2-7,10,12,15,18H,8-9H2,1H3. The van der Waals surface area contributed by atoms with Gasteiger partial charge in [-0.3, -0.25) is 4.79 Å². The fourth-order valence-corrected chi connectivity index (χ4v) is 2.92. The molecule has 0 amide bonds. The molecular formula is C16H17BrN2O. The zero-order valence-corrected chi connectivity index (χ0v) is 12.9. The maximum Gasteiger partial charge on any atom is 0.250 e. The third kappa shape index (κ3) is 2.80. The van der Waals surface area contributed by atoms with Crippen molar-refractivity contribution in [3.63, 3.8) is 0 Å². The van der Waals surface area contributed by atoms with Crippen LogP contribution in [0.5, 0.6) is 0 Å². The second kappa shape index (κ2) is 5.44. The van der Waals surface area contributed by atoms with Gasteiger partial charge in [0, 0.05) is 29.8 Å². The van der Waals surface area contributed by atoms with Crippen molar-refractivity contribution in [2.24, 2.45) is 7.05 Å². The Balaban J connectivity index is 1.59. The molecule has 1 aromatic carbocycles. The molecule has 0 aliphatic heterocycles. The van der Waals surface area contributed by atoms with Gasteiger partial charge in [-0.25, -0.2) is 0 Å². The Morgan fingerprint density at radius 1 is 1.15 bits per heavy atom. The molecular weight excluding hydrogens is 316 g/mol. The zero-order valence-electron chi connectivity index (χ0n) is 11.3. The first-order chi connectivity index (χ1) is 9.61. The second-order valence-corrected chi connectivity index (χ2v) is 6.34. The molecule has 0 saturated heterocycles. The lowest BCUT2D eigenvalue weighted by Gasteiger charge is -2.37. The lowest BCUT2D eigenvalue weighted by Crippen LogP contribution is -2.34. The second-order valence-electron chi connectivity index (χ2n) is 5.43. The summed E-state index contributed by atoms with van der Waals surface area (Å²) in [6.07, 6.45) is 4.14. The highest BCUT2D eigenvalue weighted by Gasteiger charge is 2.30. The largest absolute Gasteiger partial charge is 0.381 e. The van der Waals surface area contributed by atoms with E-state index in [0.29, 0.717) is 12.0 Å². The van der Waals surface area contributed by atoms with Crippen LogP contribution in [0.25, 0.3) is 0 Å². The van der Waals surface area contributed by atoms with E-state index in [0.717, 1.165) is 23.0 Å². The molecule has 0 atom stereocenters. The van der Waals surface area contributed by atoms with Gasteiger partial charge in [-0.1, -0.05) is 28.1 Å². The summed E-state index contributed by atoms with van der Waals surface area (Å²) in [4.78, 5) is 11.3. The van der Waals surface area contributed by atoms with Crippen LogP contribution in [0, 0.1) is 0 Å². The SMILES string of the molecule is Cn1cc(NC2CC(c3ccc(Br)cc3)C2)ccc1=O. The first-order valence-corrected chi connectivity index (χ1v) is 7.60. The molecule has 1 saturated carbocycles. The third-order valence-corrected chi connectivity index (χ3v) is 4.46. The zero-order chi connectivity index (χ0) is 14.1. The topological polar surface area (TPSA) is 34.0 Å². The lowest BCUT2D eigenvalue weighted by molar-refractivity contribution is 0.374. The van der Waals surface area contributed by atoms with Gasteiger partial charge in [-0.2, -0.15) is 0 Å². The van der Waals surface area contributed by atoms with Gasteiger partial charge in [-0.15, -0.1) is 0 Å². The number of anilines is 1. The molecule has 1 aliphatic carbocycles. The van der Waals surface area contributed by atoms with E-state index in [2.05, 4.69) is 45.5 Å². The Morgan fingerprint density at radius 2 is 1.85 bits per heavy atom. The van der Waals surface area contributed by atoms with Crippen molar-refractivity contribution in [3.8, 4) is 0 Å². The van der Waals surface area contributed by atoms with Gasteiger partial charge in [0.15, 0.2) is 0 Å². The van der Waals surface area contributed by atoms with Crippen molar-refractivity contribution in [2.45, 2.75) is 24.8 Å². The van der Waals surface area contributed by atoms with Crippen LogP contribution >= 0.6 is 15.9 Å². The molecule has 2 aromatic rings. The quantitative estimate of drug-likeness (QED) is 0.933. The molecule has 0 spiro atoms. The molecule has 1 N–H and O–H groups in total. The summed E-state index contributed by atoms with van der Waals surface area (Å²) in [7, 11) is 1.78. The summed E-state index contributed by atoms with van der Waals surface area (Å²) in [5, 5.41) is 3.49. The number of rotatable bonds is 3. The smallest absolute Gasteiger partial charge is 0.250 e. The molecule has 0 bridgehead atoms. The van der Waals surface area contributed by atoms with Gasteiger partial charge in [0.1, 0.15) is 0 Å². The maximum absolute atomic E-state index is 11.3. The molecule has 4 heteroatoms. The van der Waals surface area contributed by atoms with Crippen LogP contribution < -0.4 is 10.9 Å². The Bertz CT molecular complexity index is 657. The monoisotopic (exact) mass is 332 g/mol. The summed E-state index contributed by atoms with van der Waals surface area (Å²) < 4.78 is 2.73. The van der Waals surface area contributed by atoms with Crippen LogP contribution in [0.4, 0.5) is 5.69 Å². The van der Waals surface area contributed by atoms with Gasteiger partial charge in [0.2, 0.25) is 5.56 Å². The van der Waals surface area contributed by atoms with Crippen molar-refractivity contribution in [3.05, 3.63) is 63.0 Å². The Hall–Kier alpha value is -1.55. The lowest BCUT2D eigenvalue weighted by atomic mass is 9.76. The van der Waals surface area contributed by atoms with Crippen molar-refractivity contribution in [1.82, 2.24) is 4.57 Å². The average Bonchev–Trinajstić information content (AvgIpc) is 2.39. The van der Waals surface area contributed by atoms with Gasteiger partial charge in [-0.05, 0) is 42.5 Å². The number of aryl methyl sites for hydroxylation is 1. The fourth-order valence-electron chi connectivity index (χ4n) is 2.66. The van der Waals surface area contributed by atoms with Crippen LogP contribution in [0.2, 0.25) is 0 Å². The number of pyridine rings is 1. The summed E-state index contributed by atoms with van der Waals surface area (Å²) in [5.41, 5.74) is 2.45. The number of hydrogen-bond acceptors (Lipinski definition) is 2. The summed E-state index contributed by atoms with van der Waals surface area (Å²) in [5.74, 6) is 0.646. The minimum Gasteiger partial charge on any atom is -0.381 e. The maximum atomic E-state index is 11.3. The molecule has 3 nitrogen and oxygen atoms in total. The van der Waals surface area contributed by atoms with E-state index in [1.54, 1.807) is 17.7 Å². The minimum atomic E-state index is 0.0249. The predicted octanol–water partition coefficient (Wildman–Crippen LogP) is 3.51. The molecule has 3 rings (SSSR count). The number of hydrogen-bond donors (Lipinski definition) is 1. The minimum absolute atomic E-state index is 0.0249. The molecule has 0 radical (unpaired) electrons. The molecule has 104 valence electrons. The summed E-state index contributed by atoms with van der Waals surface area (Å²) in [6.45, 7) is 0. The van der Waals surface area contributed by atoms with Crippen molar-refractivity contribution >= 4 is 21.6 Å². The number of halogens is 1. The van der Waals surface area contributed by atoms with E-state index < -0.39 is 0 Å². The number of nitrogens with one attached hydrogen (secondary N) is 1. The average molecular weight is 333 g/mol. The van der Waals surface area contributed by atoms with Crippen LogP contribution in [0.1, 0.15) is 24.3 Å². The Morgan fingerprint density at radius 3 is 2.50 bits per heavy atom. The number of nitrogens with zero attached hydrogens (tertiary/aromatic N) is 1. The van der Waals surface area contributed by atoms with E-state index in [1.165, 1.54) is 5.56 Å². The number of benzene rings is 1. The summed E-state index contributed by atoms with van der Waals surface area (Å²) in [6, 6.07) is 12.5. The molecule has 0 unspecified atom stereocenters. The van der Waals surface area contributed by atoms with Crippen LogP contribution in [-0.4, -0.2) is 10.6 Å². The van der Waals surface area contributed by atoms with E-state index >= 15 is 0 Å². The van der Waals surface area contributed by atoms with Crippen molar-refractivity contribution in [1.29, 1.82) is 0 Å². The molecule has 20 heavy (non-hydrogen) atoms. The highest BCUT2D eigenvalue weighted by atomic mass is 79.9. The van der Waals surface area contributed by atoms with E-state index in [1.807, 2.05) is 12.3 Å². The first-order valence-electron chi connectivity index (χ1n) is 6.80. The number of aromatic nitrogens is 1. The highest BCUT2D eigenvalue weighted by molar-refractivity contribution is 9.10. The Kier molecular flexibility index (Phi) is 3.66. The molecule has 1 fully saturated rings. The highest BCUT2D eigenvalue weighted by Crippen LogP contribution is 2.38. The van der Waals surface area contributed by atoms with Crippen LogP contribution in [0.15, 0.2) is 51.9 Å². The van der Waals surface area contributed by atoms with Gasteiger partial charge in [0.25, 0.3) is 0 Å². The molecule has 1 aliphatic rings. The van der Waals surface area contributed by atoms with Gasteiger partial charge < -0.3 is 9.88 Å². The Labute approximate surface area is 126 Å². The van der Waals surface area contributed by atoms with E-state index in [9.17, 15) is 4.79 Å².